The third-order valence-corrected chi connectivity index (χ3v) is 6.43. The van der Waals surface area contributed by atoms with Crippen LogP contribution in [-0.2, 0) is 5.41 Å². The van der Waals surface area contributed by atoms with Gasteiger partial charge in [-0.2, -0.15) is 5.26 Å². The average Bonchev–Trinajstić information content (AvgIpc) is 2.56. The molecule has 1 aromatic rings. The molecule has 0 spiro atoms. The Kier molecular flexibility index (Phi) is 4.57. The number of benzene rings is 1. The van der Waals surface area contributed by atoms with E-state index >= 15 is 0 Å². The van der Waals surface area contributed by atoms with Crippen LogP contribution in [0.3, 0.4) is 0 Å². The van der Waals surface area contributed by atoms with Crippen LogP contribution in [-0.4, -0.2) is 0 Å². The summed E-state index contributed by atoms with van der Waals surface area (Å²) in [6, 6.07) is 11.4. The monoisotopic (exact) mass is 295 g/mol. The van der Waals surface area contributed by atoms with Gasteiger partial charge in [-0.15, -0.1) is 0 Å². The maximum Gasteiger partial charge on any atom is 0.0822 e. The molecule has 1 aromatic carbocycles. The number of rotatable bonds is 2. The Hall–Kier alpha value is -1.29. The molecule has 0 unspecified atom stereocenters. The van der Waals surface area contributed by atoms with E-state index in [1.807, 2.05) is 0 Å². The zero-order valence-corrected chi connectivity index (χ0v) is 14.1. The van der Waals surface area contributed by atoms with Gasteiger partial charge in [-0.3, -0.25) is 0 Å². The van der Waals surface area contributed by atoms with Gasteiger partial charge in [0.05, 0.1) is 11.5 Å². The molecule has 1 nitrogen and oxygen atoms in total. The molecule has 0 N–H and O–H groups in total. The van der Waals surface area contributed by atoms with Gasteiger partial charge in [-0.05, 0) is 68.8 Å². The van der Waals surface area contributed by atoms with Crippen LogP contribution in [0.4, 0.5) is 0 Å². The minimum absolute atomic E-state index is 0.216. The van der Waals surface area contributed by atoms with Gasteiger partial charge in [0, 0.05) is 0 Å². The van der Waals surface area contributed by atoms with Crippen LogP contribution in [0.25, 0.3) is 0 Å². The Morgan fingerprint density at radius 2 is 1.45 bits per heavy atom. The second kappa shape index (κ2) is 6.45. The first-order chi connectivity index (χ1) is 10.6. The summed E-state index contributed by atoms with van der Waals surface area (Å²) < 4.78 is 0. The Morgan fingerprint density at radius 1 is 0.909 bits per heavy atom. The van der Waals surface area contributed by atoms with Crippen molar-refractivity contribution in [1.29, 1.82) is 5.26 Å². The van der Waals surface area contributed by atoms with Gasteiger partial charge in [0.1, 0.15) is 0 Å². The lowest BCUT2D eigenvalue weighted by molar-refractivity contribution is 0.151. The lowest BCUT2D eigenvalue weighted by atomic mass is 9.63. The van der Waals surface area contributed by atoms with Crippen molar-refractivity contribution in [1.82, 2.24) is 0 Å². The van der Waals surface area contributed by atoms with Crippen LogP contribution in [0.2, 0.25) is 0 Å². The van der Waals surface area contributed by atoms with Gasteiger partial charge in [0.25, 0.3) is 0 Å². The van der Waals surface area contributed by atoms with Crippen LogP contribution >= 0.6 is 0 Å². The molecular formula is C21H29N. The Morgan fingerprint density at radius 3 is 2.00 bits per heavy atom. The van der Waals surface area contributed by atoms with Gasteiger partial charge < -0.3 is 0 Å². The van der Waals surface area contributed by atoms with Crippen LogP contribution in [0.5, 0.6) is 0 Å². The summed E-state index contributed by atoms with van der Waals surface area (Å²) in [6.07, 6.45) is 10.3. The second-order valence-electron chi connectivity index (χ2n) is 7.92. The zero-order chi connectivity index (χ0) is 15.6. The standard InChI is InChI=1S/C21H29N/c1-16-3-7-18(8-4-16)19-11-13-21(15-22,14-12-19)20-9-5-17(2)6-10-20/h5-6,9-10,16,18-19H,3-4,7-8,11-14H2,1-2H3. The first-order valence-corrected chi connectivity index (χ1v) is 9.11. The van der Waals surface area contributed by atoms with E-state index in [4.69, 9.17) is 0 Å². The molecule has 2 aliphatic carbocycles. The van der Waals surface area contributed by atoms with Gasteiger partial charge in [-0.1, -0.05) is 49.6 Å². The van der Waals surface area contributed by atoms with Crippen molar-refractivity contribution in [2.75, 3.05) is 0 Å². The lowest BCUT2D eigenvalue weighted by Crippen LogP contribution is -2.33. The lowest BCUT2D eigenvalue weighted by Gasteiger charge is -2.40. The fourth-order valence-electron chi connectivity index (χ4n) is 4.70. The van der Waals surface area contributed by atoms with Crippen LogP contribution in [0.1, 0.15) is 69.4 Å². The molecule has 0 saturated heterocycles. The molecule has 2 aliphatic rings. The second-order valence-corrected chi connectivity index (χ2v) is 7.92. The van der Waals surface area contributed by atoms with Crippen molar-refractivity contribution in [2.24, 2.45) is 17.8 Å². The fourth-order valence-corrected chi connectivity index (χ4v) is 4.70. The molecule has 0 bridgehead atoms. The maximum absolute atomic E-state index is 9.85. The number of hydrogen-bond donors (Lipinski definition) is 0. The molecule has 2 saturated carbocycles. The molecule has 0 aromatic heterocycles. The number of nitrogens with zero attached hydrogens (tertiary/aromatic N) is 1. The summed E-state index contributed by atoms with van der Waals surface area (Å²) in [6.45, 7) is 4.51. The molecule has 0 atom stereocenters. The summed E-state index contributed by atoms with van der Waals surface area (Å²) in [5.74, 6) is 2.75. The SMILES string of the molecule is Cc1ccc(C2(C#N)CCC(C3CCC(C)CC3)CC2)cc1. The van der Waals surface area contributed by atoms with E-state index in [2.05, 4.69) is 44.2 Å². The smallest absolute Gasteiger partial charge is 0.0822 e. The van der Waals surface area contributed by atoms with Crippen molar-refractivity contribution in [3.8, 4) is 6.07 Å². The highest BCUT2D eigenvalue weighted by Gasteiger charge is 2.39. The normalized spacial score (nSPS) is 35.8. The highest BCUT2D eigenvalue weighted by atomic mass is 14.4. The van der Waals surface area contributed by atoms with Gasteiger partial charge in [0.15, 0.2) is 0 Å². The molecule has 22 heavy (non-hydrogen) atoms. The fraction of sp³-hybridized carbons (Fsp3) is 0.667. The molecule has 118 valence electrons. The molecule has 0 radical (unpaired) electrons. The van der Waals surface area contributed by atoms with Crippen molar-refractivity contribution >= 4 is 0 Å². The Balaban J connectivity index is 1.66. The zero-order valence-electron chi connectivity index (χ0n) is 14.1. The van der Waals surface area contributed by atoms with E-state index in [0.29, 0.717) is 0 Å². The number of aryl methyl sites for hydroxylation is 1. The van der Waals surface area contributed by atoms with Crippen molar-refractivity contribution in [2.45, 2.75) is 70.6 Å². The highest BCUT2D eigenvalue weighted by molar-refractivity contribution is 5.35. The first kappa shape index (κ1) is 15.6. The van der Waals surface area contributed by atoms with Crippen LogP contribution in [0.15, 0.2) is 24.3 Å². The van der Waals surface area contributed by atoms with Crippen molar-refractivity contribution in [3.63, 3.8) is 0 Å². The average molecular weight is 295 g/mol. The van der Waals surface area contributed by atoms with Crippen LogP contribution < -0.4 is 0 Å². The molecule has 0 aliphatic heterocycles. The third kappa shape index (κ3) is 3.07. The highest BCUT2D eigenvalue weighted by Crippen LogP contribution is 2.46. The molecule has 1 heteroatoms. The quantitative estimate of drug-likeness (QED) is 0.679. The number of hydrogen-bond acceptors (Lipinski definition) is 1. The summed E-state index contributed by atoms with van der Waals surface area (Å²) in [5, 5.41) is 9.85. The van der Waals surface area contributed by atoms with Crippen LogP contribution in [0, 0.1) is 36.0 Å². The molecule has 2 fully saturated rings. The van der Waals surface area contributed by atoms with Crippen molar-refractivity contribution in [3.05, 3.63) is 35.4 Å². The van der Waals surface area contributed by atoms with E-state index in [9.17, 15) is 5.26 Å². The predicted octanol–water partition coefficient (Wildman–Crippen LogP) is 5.77. The molecule has 3 rings (SSSR count). The van der Waals surface area contributed by atoms with E-state index in [0.717, 1.165) is 30.6 Å². The molecule has 0 heterocycles. The summed E-state index contributed by atoms with van der Waals surface area (Å²) >= 11 is 0. The minimum atomic E-state index is -0.216. The van der Waals surface area contributed by atoms with Gasteiger partial charge in [0.2, 0.25) is 0 Å². The van der Waals surface area contributed by atoms with E-state index in [1.54, 1.807) is 0 Å². The predicted molar refractivity (Wildman–Crippen MR) is 91.6 cm³/mol. The Bertz CT molecular complexity index is 520. The maximum atomic E-state index is 9.85. The van der Waals surface area contributed by atoms with E-state index in [-0.39, 0.29) is 5.41 Å². The summed E-state index contributed by atoms with van der Waals surface area (Å²) in [7, 11) is 0. The Labute approximate surface area is 135 Å². The molecule has 0 amide bonds. The van der Waals surface area contributed by atoms with Crippen molar-refractivity contribution < 1.29 is 0 Å². The topological polar surface area (TPSA) is 23.8 Å². The number of nitriles is 1. The van der Waals surface area contributed by atoms with Gasteiger partial charge in [-0.25, -0.2) is 0 Å². The first-order valence-electron chi connectivity index (χ1n) is 9.11. The minimum Gasteiger partial charge on any atom is -0.197 e. The largest absolute Gasteiger partial charge is 0.197 e. The van der Waals surface area contributed by atoms with Gasteiger partial charge >= 0.3 is 0 Å². The summed E-state index contributed by atoms with van der Waals surface area (Å²) in [5.41, 5.74) is 2.31. The summed E-state index contributed by atoms with van der Waals surface area (Å²) in [4.78, 5) is 0. The van der Waals surface area contributed by atoms with E-state index in [1.165, 1.54) is 49.7 Å². The third-order valence-electron chi connectivity index (χ3n) is 6.43. The van der Waals surface area contributed by atoms with E-state index < -0.39 is 0 Å². The molecular weight excluding hydrogens is 266 g/mol.